The summed E-state index contributed by atoms with van der Waals surface area (Å²) in [4.78, 5) is 22.6. The van der Waals surface area contributed by atoms with Crippen molar-refractivity contribution in [3.05, 3.63) is 27.3 Å². The highest BCUT2D eigenvalue weighted by molar-refractivity contribution is 4.95. The summed E-state index contributed by atoms with van der Waals surface area (Å²) in [7, 11) is 3.13. The first kappa shape index (κ1) is 20.6. The first-order chi connectivity index (χ1) is 11.6. The minimum absolute atomic E-state index is 0.121. The van der Waals surface area contributed by atoms with Crippen molar-refractivity contribution in [3.63, 3.8) is 0 Å². The number of aromatic nitrogens is 6. The third-order valence-corrected chi connectivity index (χ3v) is 3.60. The second-order valence-corrected chi connectivity index (χ2v) is 5.66. The Hall–Kier alpha value is -2.46. The highest BCUT2D eigenvalue weighted by atomic mass is 19.3. The van der Waals surface area contributed by atoms with E-state index in [0.717, 1.165) is 17.3 Å². The molecule has 0 aliphatic carbocycles. The number of halogens is 2. The molecule has 142 valence electrons. The molecule has 0 N–H and O–H groups in total. The Bertz CT molecular complexity index is 761. The van der Waals surface area contributed by atoms with Gasteiger partial charge in [-0.25, -0.2) is 18.8 Å². The van der Waals surface area contributed by atoms with Crippen molar-refractivity contribution in [3.8, 4) is 6.01 Å². The smallest absolute Gasteiger partial charge is 0.350 e. The van der Waals surface area contributed by atoms with E-state index in [1.807, 2.05) is 13.8 Å². The summed E-state index contributed by atoms with van der Waals surface area (Å²) >= 11 is 0. The lowest BCUT2D eigenvalue weighted by molar-refractivity contribution is 0.0518. The molecule has 2 aromatic heterocycles. The van der Waals surface area contributed by atoms with Gasteiger partial charge >= 0.3 is 23.9 Å². The molecule has 0 saturated heterocycles. The van der Waals surface area contributed by atoms with Gasteiger partial charge in [0.15, 0.2) is 0 Å². The molecule has 0 fully saturated rings. The zero-order valence-corrected chi connectivity index (χ0v) is 15.2. The molecule has 0 spiro atoms. The van der Waals surface area contributed by atoms with Crippen LogP contribution < -0.4 is 16.1 Å². The molecule has 2 heterocycles. The summed E-state index contributed by atoms with van der Waals surface area (Å²) in [5, 5.41) is 7.20. The van der Waals surface area contributed by atoms with Crippen LogP contribution in [0.5, 0.6) is 6.01 Å². The van der Waals surface area contributed by atoms with Gasteiger partial charge in [0.25, 0.3) is 0 Å². The number of nitrogens with zero attached hydrogens (tertiary/aromatic N) is 6. The van der Waals surface area contributed by atoms with Gasteiger partial charge in [0.1, 0.15) is 6.33 Å². The van der Waals surface area contributed by atoms with Crippen molar-refractivity contribution in [2.45, 2.75) is 52.7 Å². The minimum atomic E-state index is -2.86. The van der Waals surface area contributed by atoms with Crippen LogP contribution in [0.3, 0.4) is 0 Å². The Balaban J connectivity index is 0.000000251. The summed E-state index contributed by atoms with van der Waals surface area (Å²) in [6.45, 7) is 4.56. The van der Waals surface area contributed by atoms with Crippen molar-refractivity contribution < 1.29 is 13.5 Å². The minimum Gasteiger partial charge on any atom is -0.467 e. The van der Waals surface area contributed by atoms with E-state index in [-0.39, 0.29) is 22.5 Å². The van der Waals surface area contributed by atoms with Crippen LogP contribution in [0, 0.1) is 0 Å². The van der Waals surface area contributed by atoms with Crippen molar-refractivity contribution in [1.29, 1.82) is 0 Å². The Morgan fingerprint density at radius 2 is 1.80 bits per heavy atom. The molecular weight excluding hydrogens is 338 g/mol. The van der Waals surface area contributed by atoms with Crippen LogP contribution in [0.2, 0.25) is 0 Å². The van der Waals surface area contributed by atoms with Crippen LogP contribution in [0.4, 0.5) is 8.78 Å². The third kappa shape index (κ3) is 4.54. The predicted molar refractivity (Wildman–Crippen MR) is 87.1 cm³/mol. The van der Waals surface area contributed by atoms with Crippen LogP contribution in [0.25, 0.3) is 0 Å². The van der Waals surface area contributed by atoms with E-state index in [2.05, 4.69) is 10.2 Å². The highest BCUT2D eigenvalue weighted by Crippen LogP contribution is 2.13. The van der Waals surface area contributed by atoms with Gasteiger partial charge < -0.3 is 4.74 Å². The van der Waals surface area contributed by atoms with E-state index in [9.17, 15) is 18.4 Å². The zero-order valence-electron chi connectivity index (χ0n) is 15.2. The lowest BCUT2D eigenvalue weighted by atomic mass is 10.3. The zero-order chi connectivity index (χ0) is 19.3. The molecule has 1 unspecified atom stereocenters. The summed E-state index contributed by atoms with van der Waals surface area (Å²) in [5.74, 6) is 0. The number of ether oxygens (including phenoxy) is 1. The van der Waals surface area contributed by atoms with E-state index in [0.29, 0.717) is 6.01 Å². The lowest BCUT2D eigenvalue weighted by Gasteiger charge is -2.09. The number of hydrogen-bond donors (Lipinski definition) is 0. The van der Waals surface area contributed by atoms with Crippen molar-refractivity contribution >= 4 is 0 Å². The van der Waals surface area contributed by atoms with Gasteiger partial charge in [-0.15, -0.1) is 5.10 Å². The topological polar surface area (TPSA) is 88.9 Å². The molecule has 0 aliphatic rings. The Kier molecular flexibility index (Phi) is 7.07. The lowest BCUT2D eigenvalue weighted by Crippen LogP contribution is -2.26. The molecule has 2 aromatic rings. The number of hydrogen-bond acceptors (Lipinski definition) is 5. The quantitative estimate of drug-likeness (QED) is 0.806. The Morgan fingerprint density at radius 1 is 1.20 bits per heavy atom. The van der Waals surface area contributed by atoms with Gasteiger partial charge in [-0.3, -0.25) is 4.57 Å². The van der Waals surface area contributed by atoms with Crippen molar-refractivity contribution in [2.75, 3.05) is 7.11 Å². The standard InChI is InChI=1S/C8H15N3O2.C6H9F2N3O/c1-5-6(2)11-7(13-4)9-10(3)8(11)12;1-4(2)10-3-9-11(5(7)8)6(10)12/h6H,5H2,1-4H3;3-5H,1-2H3. The molecular formula is C14H24F2N6O3. The normalized spacial score (nSPS) is 12.2. The summed E-state index contributed by atoms with van der Waals surface area (Å²) in [6.07, 6.45) is 1.99. The Labute approximate surface area is 143 Å². The summed E-state index contributed by atoms with van der Waals surface area (Å²) < 4.78 is 33.1. The molecule has 0 saturated carbocycles. The van der Waals surface area contributed by atoms with E-state index < -0.39 is 12.2 Å². The maximum Gasteiger partial charge on any atom is 0.350 e. The van der Waals surface area contributed by atoms with Gasteiger partial charge in [-0.1, -0.05) is 6.92 Å². The molecule has 9 nitrogen and oxygen atoms in total. The molecule has 0 radical (unpaired) electrons. The summed E-state index contributed by atoms with van der Waals surface area (Å²) in [6, 6.07) is 0.350. The number of alkyl halides is 2. The second kappa shape index (κ2) is 8.58. The molecule has 11 heteroatoms. The first-order valence-corrected chi connectivity index (χ1v) is 7.78. The maximum absolute atomic E-state index is 12.0. The highest BCUT2D eigenvalue weighted by Gasteiger charge is 2.15. The molecule has 0 bridgehead atoms. The maximum atomic E-state index is 12.0. The fourth-order valence-electron chi connectivity index (χ4n) is 1.97. The van der Waals surface area contributed by atoms with Gasteiger partial charge in [0.05, 0.1) is 7.11 Å². The van der Waals surface area contributed by atoms with E-state index in [1.54, 1.807) is 25.5 Å². The van der Waals surface area contributed by atoms with Crippen LogP contribution in [0.1, 0.15) is 52.7 Å². The SMILES string of the molecule is CC(C)n1cnn(C(F)F)c1=O.CCC(C)n1c(OC)nn(C)c1=O. The molecule has 2 rings (SSSR count). The molecule has 0 aliphatic heterocycles. The summed E-state index contributed by atoms with van der Waals surface area (Å²) in [5.41, 5.74) is -0.911. The van der Waals surface area contributed by atoms with Crippen molar-refractivity contribution in [2.24, 2.45) is 7.05 Å². The Morgan fingerprint density at radius 3 is 2.16 bits per heavy atom. The fourth-order valence-corrected chi connectivity index (χ4v) is 1.97. The van der Waals surface area contributed by atoms with E-state index in [4.69, 9.17) is 4.74 Å². The largest absolute Gasteiger partial charge is 0.467 e. The first-order valence-electron chi connectivity index (χ1n) is 7.78. The molecule has 0 aromatic carbocycles. The second-order valence-electron chi connectivity index (χ2n) is 5.66. The van der Waals surface area contributed by atoms with E-state index in [1.165, 1.54) is 11.8 Å². The van der Waals surface area contributed by atoms with Crippen molar-refractivity contribution in [1.82, 2.24) is 28.7 Å². The van der Waals surface area contributed by atoms with Gasteiger partial charge in [-0.05, 0) is 27.2 Å². The van der Waals surface area contributed by atoms with Gasteiger partial charge in [0.2, 0.25) is 0 Å². The van der Waals surface area contributed by atoms with E-state index >= 15 is 0 Å². The fraction of sp³-hybridized carbons (Fsp3) is 0.714. The van der Waals surface area contributed by atoms with Crippen LogP contribution in [0.15, 0.2) is 15.9 Å². The third-order valence-electron chi connectivity index (χ3n) is 3.60. The number of aryl methyl sites for hydroxylation is 1. The number of methoxy groups -OCH3 is 1. The van der Waals surface area contributed by atoms with Crippen LogP contribution in [-0.4, -0.2) is 35.8 Å². The number of rotatable bonds is 5. The monoisotopic (exact) mass is 362 g/mol. The van der Waals surface area contributed by atoms with Crippen LogP contribution >= 0.6 is 0 Å². The molecule has 0 amide bonds. The molecule has 1 atom stereocenters. The van der Waals surface area contributed by atoms with Gasteiger partial charge in [0, 0.05) is 19.1 Å². The predicted octanol–water partition coefficient (Wildman–Crippen LogP) is 1.58. The van der Waals surface area contributed by atoms with Crippen LogP contribution in [-0.2, 0) is 7.05 Å². The molecule has 25 heavy (non-hydrogen) atoms. The average molecular weight is 362 g/mol. The van der Waals surface area contributed by atoms with Gasteiger partial charge in [-0.2, -0.15) is 18.6 Å². The average Bonchev–Trinajstić information content (AvgIpc) is 3.08.